The van der Waals surface area contributed by atoms with E-state index in [9.17, 15) is 9.90 Å². The summed E-state index contributed by atoms with van der Waals surface area (Å²) in [4.78, 5) is 14.8. The van der Waals surface area contributed by atoms with Gasteiger partial charge in [0, 0.05) is 31.6 Å². The topological polar surface area (TPSA) is 46.6 Å². The van der Waals surface area contributed by atoms with Crippen molar-refractivity contribution in [3.8, 4) is 0 Å². The second-order valence-electron chi connectivity index (χ2n) is 6.20. The summed E-state index contributed by atoms with van der Waals surface area (Å²) in [5.74, 6) is -1.03. The summed E-state index contributed by atoms with van der Waals surface area (Å²) in [6, 6.07) is 7.94. The molecular formula is C14H23KN2O2Si. The van der Waals surface area contributed by atoms with Gasteiger partial charge in [0.05, 0.1) is 20.6 Å². The predicted octanol–water partition coefficient (Wildman–Crippen LogP) is -1.81. The number of carboxylic acid groups (broad SMARTS) is 1. The van der Waals surface area contributed by atoms with E-state index < -0.39 is 14.0 Å². The van der Waals surface area contributed by atoms with Crippen LogP contribution in [0.2, 0.25) is 19.6 Å². The minimum Gasteiger partial charge on any atom is -0.548 e. The van der Waals surface area contributed by atoms with Gasteiger partial charge >= 0.3 is 51.4 Å². The molecule has 1 rings (SSSR count). The van der Waals surface area contributed by atoms with Crippen molar-refractivity contribution in [1.82, 2.24) is 0 Å². The van der Waals surface area contributed by atoms with Crippen LogP contribution >= 0.6 is 0 Å². The van der Waals surface area contributed by atoms with Crippen molar-refractivity contribution in [1.29, 1.82) is 0 Å². The minimum atomic E-state index is -1.38. The van der Waals surface area contributed by atoms with Crippen LogP contribution in [0.4, 0.5) is 11.4 Å². The Morgan fingerprint density at radius 2 is 1.55 bits per heavy atom. The van der Waals surface area contributed by atoms with Crippen molar-refractivity contribution in [2.45, 2.75) is 19.6 Å². The molecule has 0 bridgehead atoms. The third kappa shape index (κ3) is 7.24. The zero-order chi connectivity index (χ0) is 14.6. The number of aliphatic carboxylic acids is 1. The van der Waals surface area contributed by atoms with Gasteiger partial charge in [0.2, 0.25) is 0 Å². The summed E-state index contributed by atoms with van der Waals surface area (Å²) in [5.41, 5.74) is 2.04. The van der Waals surface area contributed by atoms with E-state index in [-0.39, 0.29) is 57.9 Å². The number of carbonyl (C=O) groups excluding carboxylic acids is 1. The van der Waals surface area contributed by atoms with Crippen LogP contribution in [-0.2, 0) is 4.79 Å². The molecule has 0 saturated carbocycles. The molecule has 0 saturated heterocycles. The van der Waals surface area contributed by atoms with E-state index in [2.05, 4.69) is 19.6 Å². The first-order valence-electron chi connectivity index (χ1n) is 6.41. The Hall–Kier alpha value is 0.143. The van der Waals surface area contributed by atoms with Crippen molar-refractivity contribution in [2.75, 3.05) is 36.6 Å². The average Bonchev–Trinajstić information content (AvgIpc) is 2.25. The van der Waals surface area contributed by atoms with Crippen LogP contribution in [0.25, 0.3) is 0 Å². The van der Waals surface area contributed by atoms with Crippen molar-refractivity contribution in [3.05, 3.63) is 24.3 Å². The molecule has 4 nitrogen and oxygen atoms in total. The first-order chi connectivity index (χ1) is 8.69. The van der Waals surface area contributed by atoms with Crippen LogP contribution in [0, 0.1) is 0 Å². The first kappa shape index (κ1) is 20.1. The van der Waals surface area contributed by atoms with Gasteiger partial charge < -0.3 is 19.7 Å². The van der Waals surface area contributed by atoms with Crippen LogP contribution < -0.4 is 66.3 Å². The quantitative estimate of drug-likeness (QED) is 0.580. The van der Waals surface area contributed by atoms with Gasteiger partial charge in [0.1, 0.15) is 0 Å². The third-order valence-corrected chi connectivity index (χ3v) is 4.05. The number of carbonyl (C=O) groups is 1. The minimum absolute atomic E-state index is 0. The Morgan fingerprint density at radius 1 is 1.10 bits per heavy atom. The van der Waals surface area contributed by atoms with E-state index in [4.69, 9.17) is 0 Å². The van der Waals surface area contributed by atoms with Crippen molar-refractivity contribution in [2.24, 2.45) is 0 Å². The van der Waals surface area contributed by atoms with E-state index in [1.807, 2.05) is 48.2 Å². The number of rotatable bonds is 6. The van der Waals surface area contributed by atoms with Gasteiger partial charge in [0.15, 0.2) is 0 Å². The maximum atomic E-state index is 10.9. The summed E-state index contributed by atoms with van der Waals surface area (Å²) in [5, 5.41) is 10.9. The predicted molar refractivity (Wildman–Crippen MR) is 81.3 cm³/mol. The van der Waals surface area contributed by atoms with Gasteiger partial charge in [-0.2, -0.15) is 0 Å². The second-order valence-corrected chi connectivity index (χ2v) is 11.6. The molecule has 0 aliphatic heterocycles. The maximum Gasteiger partial charge on any atom is 1.00 e. The second kappa shape index (κ2) is 8.55. The Balaban J connectivity index is 0.00000361. The molecule has 0 aromatic heterocycles. The molecule has 0 fully saturated rings. The first-order valence-corrected chi connectivity index (χ1v) is 10.1. The smallest absolute Gasteiger partial charge is 0.548 e. The summed E-state index contributed by atoms with van der Waals surface area (Å²) in [6.45, 7) is 6.63. The van der Waals surface area contributed by atoms with Gasteiger partial charge in [-0.1, -0.05) is 19.6 Å². The third-order valence-electron chi connectivity index (χ3n) is 2.72. The number of hydrogen-bond acceptors (Lipinski definition) is 4. The Kier molecular flexibility index (Phi) is 8.61. The molecule has 6 heteroatoms. The van der Waals surface area contributed by atoms with Crippen LogP contribution in [0.5, 0.6) is 0 Å². The molecule has 0 amide bonds. The van der Waals surface area contributed by atoms with Crippen molar-refractivity contribution < 1.29 is 61.3 Å². The average molecular weight is 319 g/mol. The van der Waals surface area contributed by atoms with Crippen LogP contribution in [0.3, 0.4) is 0 Å². The molecule has 1 aromatic carbocycles. The van der Waals surface area contributed by atoms with E-state index in [0.29, 0.717) is 0 Å². The number of nitrogens with zero attached hydrogens (tertiary/aromatic N) is 2. The number of anilines is 2. The van der Waals surface area contributed by atoms with Gasteiger partial charge in [-0.05, 0) is 24.3 Å². The SMILES string of the molecule is CN(C)c1ccc(N(CC(=O)[O-])C[Si](C)(C)C)cc1.[K+]. The molecule has 0 N–H and O–H groups in total. The number of carboxylic acids is 1. The fraction of sp³-hybridized carbons (Fsp3) is 0.500. The normalized spacial score (nSPS) is 10.7. The molecule has 0 radical (unpaired) electrons. The van der Waals surface area contributed by atoms with Crippen molar-refractivity contribution >= 4 is 25.4 Å². The van der Waals surface area contributed by atoms with Gasteiger partial charge in [-0.3, -0.25) is 0 Å². The summed E-state index contributed by atoms with van der Waals surface area (Å²) < 4.78 is 0. The standard InChI is InChI=1S/C14H24N2O2Si.K/c1-15(2)12-6-8-13(9-7-12)16(10-14(17)18)11-19(3,4)5;/h6-9H,10-11H2,1-5H3,(H,17,18);/q;+1/p-1. The fourth-order valence-electron chi connectivity index (χ4n) is 1.93. The molecular weight excluding hydrogens is 295 g/mol. The van der Waals surface area contributed by atoms with Gasteiger partial charge in [-0.25, -0.2) is 0 Å². The van der Waals surface area contributed by atoms with Crippen molar-refractivity contribution in [3.63, 3.8) is 0 Å². The molecule has 0 unspecified atom stereocenters. The van der Waals surface area contributed by atoms with Crippen LogP contribution in [0.15, 0.2) is 24.3 Å². The summed E-state index contributed by atoms with van der Waals surface area (Å²) in [6.07, 6.45) is 0.808. The van der Waals surface area contributed by atoms with Crippen LogP contribution in [-0.4, -0.2) is 40.9 Å². The molecule has 0 spiro atoms. The van der Waals surface area contributed by atoms with E-state index in [0.717, 1.165) is 17.5 Å². The summed E-state index contributed by atoms with van der Waals surface area (Å²) in [7, 11) is 2.58. The molecule has 20 heavy (non-hydrogen) atoms. The monoisotopic (exact) mass is 318 g/mol. The molecule has 0 atom stereocenters. The Bertz CT molecular complexity index is 430. The van der Waals surface area contributed by atoms with E-state index in [1.165, 1.54) is 0 Å². The zero-order valence-corrected chi connectivity index (χ0v) is 17.6. The molecule has 0 aliphatic carbocycles. The molecule has 0 heterocycles. The fourth-order valence-corrected chi connectivity index (χ4v) is 3.37. The zero-order valence-electron chi connectivity index (χ0n) is 13.4. The van der Waals surface area contributed by atoms with Gasteiger partial charge in [0.25, 0.3) is 0 Å². The Labute approximate surface area is 165 Å². The maximum absolute atomic E-state index is 10.9. The van der Waals surface area contributed by atoms with Gasteiger partial charge in [-0.15, -0.1) is 0 Å². The van der Waals surface area contributed by atoms with E-state index >= 15 is 0 Å². The van der Waals surface area contributed by atoms with Crippen LogP contribution in [0.1, 0.15) is 0 Å². The molecule has 106 valence electrons. The largest absolute Gasteiger partial charge is 1.00 e. The summed E-state index contributed by atoms with van der Waals surface area (Å²) >= 11 is 0. The molecule has 0 aliphatic rings. The number of benzene rings is 1. The Morgan fingerprint density at radius 3 is 1.90 bits per heavy atom. The molecule has 1 aromatic rings. The van der Waals surface area contributed by atoms with E-state index in [1.54, 1.807) is 0 Å². The number of hydrogen-bond donors (Lipinski definition) is 0.